The zero-order valence-corrected chi connectivity index (χ0v) is 7.81. The normalized spacial score (nSPS) is 23.2. The average molecular weight is 178 g/mol. The molecule has 0 saturated carbocycles. The lowest BCUT2D eigenvalue weighted by Gasteiger charge is -2.35. The summed E-state index contributed by atoms with van der Waals surface area (Å²) in [6.07, 6.45) is 3.66. The lowest BCUT2D eigenvalue weighted by molar-refractivity contribution is 0.0989. The van der Waals surface area contributed by atoms with Gasteiger partial charge in [0, 0.05) is 30.7 Å². The van der Waals surface area contributed by atoms with Crippen LogP contribution < -0.4 is 4.90 Å². The average Bonchev–Trinajstić information content (AvgIpc) is 2.20. The van der Waals surface area contributed by atoms with E-state index in [9.17, 15) is 0 Å². The minimum absolute atomic E-state index is 0.469. The van der Waals surface area contributed by atoms with Crippen LogP contribution in [0.3, 0.4) is 0 Å². The second-order valence-corrected chi connectivity index (χ2v) is 3.32. The summed E-state index contributed by atoms with van der Waals surface area (Å²) < 4.78 is 5.38. The fraction of sp³-hybridized carbons (Fsp3) is 0.500. The van der Waals surface area contributed by atoms with Crippen molar-refractivity contribution in [2.24, 2.45) is 0 Å². The zero-order valence-electron chi connectivity index (χ0n) is 7.81. The van der Waals surface area contributed by atoms with Crippen LogP contribution in [0, 0.1) is 0 Å². The lowest BCUT2D eigenvalue weighted by Crippen LogP contribution is -2.43. The molecule has 2 heterocycles. The van der Waals surface area contributed by atoms with Crippen LogP contribution >= 0.6 is 0 Å². The molecule has 0 amide bonds. The van der Waals surface area contributed by atoms with E-state index in [0.29, 0.717) is 6.04 Å². The van der Waals surface area contributed by atoms with E-state index in [1.54, 1.807) is 0 Å². The summed E-state index contributed by atoms with van der Waals surface area (Å²) in [6.45, 7) is 4.81. The predicted octanol–water partition coefficient (Wildman–Crippen LogP) is 1.31. The van der Waals surface area contributed by atoms with Gasteiger partial charge in [0.15, 0.2) is 0 Å². The molecule has 0 radical (unpaired) electrons. The van der Waals surface area contributed by atoms with Gasteiger partial charge in [0.25, 0.3) is 0 Å². The molecule has 0 aliphatic carbocycles. The number of nitrogens with zero attached hydrogens (tertiary/aromatic N) is 2. The van der Waals surface area contributed by atoms with Crippen molar-refractivity contribution in [2.75, 3.05) is 24.7 Å². The first-order chi connectivity index (χ1) is 6.38. The summed E-state index contributed by atoms with van der Waals surface area (Å²) in [5, 5.41) is 0. The fourth-order valence-corrected chi connectivity index (χ4v) is 1.65. The van der Waals surface area contributed by atoms with Gasteiger partial charge in [-0.1, -0.05) is 0 Å². The molecule has 2 rings (SSSR count). The number of pyridine rings is 1. The van der Waals surface area contributed by atoms with Crippen molar-refractivity contribution < 1.29 is 4.74 Å². The SMILES string of the molecule is CC1COCCN1c1ccncc1. The van der Waals surface area contributed by atoms with Crippen molar-refractivity contribution in [3.63, 3.8) is 0 Å². The van der Waals surface area contributed by atoms with E-state index in [1.165, 1.54) is 5.69 Å². The highest BCUT2D eigenvalue weighted by molar-refractivity contribution is 5.45. The Morgan fingerprint density at radius 1 is 1.46 bits per heavy atom. The van der Waals surface area contributed by atoms with Crippen molar-refractivity contribution >= 4 is 5.69 Å². The Balaban J connectivity index is 2.15. The van der Waals surface area contributed by atoms with Crippen LogP contribution in [0.25, 0.3) is 0 Å². The topological polar surface area (TPSA) is 25.4 Å². The van der Waals surface area contributed by atoms with Crippen LogP contribution in [-0.4, -0.2) is 30.8 Å². The standard InChI is InChI=1S/C10H14N2O/c1-9-8-13-7-6-12(9)10-2-4-11-5-3-10/h2-5,9H,6-8H2,1H3. The monoisotopic (exact) mass is 178 g/mol. The molecule has 1 aromatic rings. The van der Waals surface area contributed by atoms with Crippen LogP contribution in [-0.2, 0) is 4.74 Å². The number of ether oxygens (including phenoxy) is 1. The first kappa shape index (κ1) is 8.51. The van der Waals surface area contributed by atoms with Gasteiger partial charge in [-0.3, -0.25) is 4.98 Å². The summed E-state index contributed by atoms with van der Waals surface area (Å²) in [6, 6.07) is 4.56. The summed E-state index contributed by atoms with van der Waals surface area (Å²) in [7, 11) is 0. The molecule has 70 valence electrons. The van der Waals surface area contributed by atoms with Crippen molar-refractivity contribution in [1.29, 1.82) is 0 Å². The van der Waals surface area contributed by atoms with Crippen LogP contribution in [0.4, 0.5) is 5.69 Å². The second-order valence-electron chi connectivity index (χ2n) is 3.32. The minimum atomic E-state index is 0.469. The van der Waals surface area contributed by atoms with E-state index < -0.39 is 0 Å². The molecule has 1 aromatic heterocycles. The van der Waals surface area contributed by atoms with Crippen molar-refractivity contribution in [3.05, 3.63) is 24.5 Å². The van der Waals surface area contributed by atoms with Crippen LogP contribution in [0.2, 0.25) is 0 Å². The van der Waals surface area contributed by atoms with Gasteiger partial charge in [-0.25, -0.2) is 0 Å². The van der Waals surface area contributed by atoms with E-state index in [0.717, 1.165) is 19.8 Å². The zero-order chi connectivity index (χ0) is 9.10. The summed E-state index contributed by atoms with van der Waals surface area (Å²) in [4.78, 5) is 6.36. The first-order valence-corrected chi connectivity index (χ1v) is 4.62. The molecular weight excluding hydrogens is 164 g/mol. The number of aromatic nitrogens is 1. The van der Waals surface area contributed by atoms with Gasteiger partial charge < -0.3 is 9.64 Å². The second kappa shape index (κ2) is 3.75. The Morgan fingerprint density at radius 2 is 2.23 bits per heavy atom. The highest BCUT2D eigenvalue weighted by Gasteiger charge is 2.18. The highest BCUT2D eigenvalue weighted by atomic mass is 16.5. The van der Waals surface area contributed by atoms with Gasteiger partial charge in [0.1, 0.15) is 0 Å². The van der Waals surface area contributed by atoms with Crippen molar-refractivity contribution in [3.8, 4) is 0 Å². The van der Waals surface area contributed by atoms with E-state index in [4.69, 9.17) is 4.74 Å². The molecular formula is C10H14N2O. The molecule has 1 aliphatic rings. The third-order valence-electron chi connectivity index (χ3n) is 2.36. The molecule has 0 bridgehead atoms. The number of hydrogen-bond acceptors (Lipinski definition) is 3. The van der Waals surface area contributed by atoms with Crippen LogP contribution in [0.1, 0.15) is 6.92 Å². The fourth-order valence-electron chi connectivity index (χ4n) is 1.65. The highest BCUT2D eigenvalue weighted by Crippen LogP contribution is 2.17. The molecule has 1 fully saturated rings. The number of rotatable bonds is 1. The molecule has 0 aromatic carbocycles. The third-order valence-corrected chi connectivity index (χ3v) is 2.36. The largest absolute Gasteiger partial charge is 0.377 e. The molecule has 3 heteroatoms. The van der Waals surface area contributed by atoms with Gasteiger partial charge in [0.2, 0.25) is 0 Å². The Morgan fingerprint density at radius 3 is 2.92 bits per heavy atom. The summed E-state index contributed by atoms with van der Waals surface area (Å²) >= 11 is 0. The maximum absolute atomic E-state index is 5.38. The molecule has 1 unspecified atom stereocenters. The minimum Gasteiger partial charge on any atom is -0.377 e. The van der Waals surface area contributed by atoms with Gasteiger partial charge in [-0.15, -0.1) is 0 Å². The smallest absolute Gasteiger partial charge is 0.0668 e. The van der Waals surface area contributed by atoms with Crippen molar-refractivity contribution in [1.82, 2.24) is 4.98 Å². The third kappa shape index (κ3) is 1.80. The lowest BCUT2D eigenvalue weighted by atomic mass is 10.2. The van der Waals surface area contributed by atoms with Crippen LogP contribution in [0.15, 0.2) is 24.5 Å². The Hall–Kier alpha value is -1.09. The molecule has 1 aliphatic heterocycles. The first-order valence-electron chi connectivity index (χ1n) is 4.62. The van der Waals surface area contributed by atoms with Gasteiger partial charge in [-0.05, 0) is 19.1 Å². The number of hydrogen-bond donors (Lipinski definition) is 0. The van der Waals surface area contributed by atoms with Crippen LogP contribution in [0.5, 0.6) is 0 Å². The molecule has 13 heavy (non-hydrogen) atoms. The van der Waals surface area contributed by atoms with Gasteiger partial charge in [-0.2, -0.15) is 0 Å². The molecule has 1 saturated heterocycles. The van der Waals surface area contributed by atoms with E-state index in [2.05, 4.69) is 16.8 Å². The molecule has 1 atom stereocenters. The molecule has 0 N–H and O–H groups in total. The maximum atomic E-state index is 5.38. The molecule has 0 spiro atoms. The number of anilines is 1. The molecule has 3 nitrogen and oxygen atoms in total. The van der Waals surface area contributed by atoms with Gasteiger partial charge in [0.05, 0.1) is 13.2 Å². The van der Waals surface area contributed by atoms with E-state index >= 15 is 0 Å². The quantitative estimate of drug-likeness (QED) is 0.648. The van der Waals surface area contributed by atoms with E-state index in [1.807, 2.05) is 24.5 Å². The van der Waals surface area contributed by atoms with Crippen molar-refractivity contribution in [2.45, 2.75) is 13.0 Å². The Bertz CT molecular complexity index is 263. The summed E-state index contributed by atoms with van der Waals surface area (Å²) in [5.41, 5.74) is 1.24. The summed E-state index contributed by atoms with van der Waals surface area (Å²) in [5.74, 6) is 0. The predicted molar refractivity (Wildman–Crippen MR) is 51.9 cm³/mol. The van der Waals surface area contributed by atoms with Gasteiger partial charge >= 0.3 is 0 Å². The Kier molecular flexibility index (Phi) is 2.45. The number of morpholine rings is 1. The Labute approximate surface area is 78.3 Å². The maximum Gasteiger partial charge on any atom is 0.0668 e. The van der Waals surface area contributed by atoms with E-state index in [-0.39, 0.29) is 0 Å².